The van der Waals surface area contributed by atoms with Crippen LogP contribution in [-0.2, 0) is 11.3 Å². The molecule has 0 N–H and O–H groups in total. The normalized spacial score (nSPS) is 30.9. The molecule has 5 heteroatoms. The van der Waals surface area contributed by atoms with Crippen molar-refractivity contribution in [3.63, 3.8) is 0 Å². The fourth-order valence-corrected chi connectivity index (χ4v) is 8.35. The van der Waals surface area contributed by atoms with Crippen LogP contribution in [0.1, 0.15) is 69.9 Å². The maximum atomic E-state index is 13.3. The first-order chi connectivity index (χ1) is 18.2. The summed E-state index contributed by atoms with van der Waals surface area (Å²) in [7, 11) is 0. The standard InChI is InChI=1S/C33H40N2O3/c1-22-13-28(9-10-29(22)34-4)38-30-31(36)35(21-32(30,2)3)20-23-5-7-27(8-6-23)37-12-11-33-17-24-14-25(18-33)16-26(15-24)19-33/h5-10,13,24-26,30H,11-12,14-21H2,1-3H3/t24?,25?,26?,30-,33?/m0/s1. The molecule has 5 aliphatic rings. The number of amides is 1. The Labute approximate surface area is 227 Å². The SMILES string of the molecule is [C-]#[N+]c1ccc(O[C@H]2C(=O)N(Cc3ccc(OCCC45CC6CC(CC(C6)C4)C5)cc3)CC2(C)C)cc1C. The maximum absolute atomic E-state index is 13.3. The zero-order valence-corrected chi connectivity index (χ0v) is 23.0. The van der Waals surface area contributed by atoms with Crippen LogP contribution in [0.3, 0.4) is 0 Å². The summed E-state index contributed by atoms with van der Waals surface area (Å²) in [6.07, 6.45) is 9.39. The van der Waals surface area contributed by atoms with Crippen molar-refractivity contribution < 1.29 is 14.3 Å². The predicted molar refractivity (Wildman–Crippen MR) is 148 cm³/mol. The highest BCUT2D eigenvalue weighted by atomic mass is 16.5. The molecule has 7 rings (SSSR count). The van der Waals surface area contributed by atoms with E-state index in [1.54, 1.807) is 12.1 Å². The van der Waals surface area contributed by atoms with Crippen LogP contribution in [0, 0.1) is 42.1 Å². The summed E-state index contributed by atoms with van der Waals surface area (Å²) in [5.74, 6) is 4.52. The van der Waals surface area contributed by atoms with Crippen molar-refractivity contribution in [3.05, 3.63) is 65.0 Å². The lowest BCUT2D eigenvalue weighted by Gasteiger charge is -2.57. The van der Waals surface area contributed by atoms with Crippen molar-refractivity contribution in [2.24, 2.45) is 28.6 Å². The number of ether oxygens (including phenoxy) is 2. The fourth-order valence-electron chi connectivity index (χ4n) is 8.35. The van der Waals surface area contributed by atoms with Gasteiger partial charge in [0.1, 0.15) is 11.5 Å². The summed E-state index contributed by atoms with van der Waals surface area (Å²) < 4.78 is 12.4. The van der Waals surface area contributed by atoms with Crippen LogP contribution >= 0.6 is 0 Å². The third kappa shape index (κ3) is 4.91. The second kappa shape index (κ2) is 9.63. The highest BCUT2D eigenvalue weighted by Crippen LogP contribution is 2.61. The van der Waals surface area contributed by atoms with Gasteiger partial charge in [0.25, 0.3) is 5.91 Å². The average molecular weight is 513 g/mol. The van der Waals surface area contributed by atoms with Crippen molar-refractivity contribution in [2.45, 2.75) is 78.4 Å². The molecule has 1 saturated heterocycles. The zero-order valence-electron chi connectivity index (χ0n) is 23.0. The van der Waals surface area contributed by atoms with E-state index in [-0.39, 0.29) is 11.3 Å². The van der Waals surface area contributed by atoms with E-state index in [9.17, 15) is 4.79 Å². The number of hydrogen-bond donors (Lipinski definition) is 0. The molecular weight excluding hydrogens is 472 g/mol. The number of aryl methyl sites for hydroxylation is 1. The maximum Gasteiger partial charge on any atom is 0.264 e. The summed E-state index contributed by atoms with van der Waals surface area (Å²) in [5, 5.41) is 0. The number of likely N-dealkylation sites (tertiary alicyclic amines) is 1. The van der Waals surface area contributed by atoms with Gasteiger partial charge in [0.05, 0.1) is 13.2 Å². The van der Waals surface area contributed by atoms with Crippen molar-refractivity contribution in [1.82, 2.24) is 4.90 Å². The molecule has 5 nitrogen and oxygen atoms in total. The monoisotopic (exact) mass is 512 g/mol. The predicted octanol–water partition coefficient (Wildman–Crippen LogP) is 7.35. The molecule has 200 valence electrons. The molecule has 2 aromatic carbocycles. The number of nitrogens with zero attached hydrogens (tertiary/aromatic N) is 2. The van der Waals surface area contributed by atoms with E-state index in [1.165, 1.54) is 44.9 Å². The Bertz CT molecular complexity index is 1210. The van der Waals surface area contributed by atoms with Crippen LogP contribution < -0.4 is 9.47 Å². The average Bonchev–Trinajstić information content (AvgIpc) is 3.07. The Morgan fingerprint density at radius 2 is 1.61 bits per heavy atom. The first kappa shape index (κ1) is 25.3. The van der Waals surface area contributed by atoms with E-state index < -0.39 is 6.10 Å². The molecular formula is C33H40N2O3. The Balaban J connectivity index is 1.03. The minimum Gasteiger partial charge on any atom is -0.494 e. The lowest BCUT2D eigenvalue weighted by atomic mass is 9.49. The Kier molecular flexibility index (Phi) is 6.41. The van der Waals surface area contributed by atoms with Crippen LogP contribution in [0.5, 0.6) is 11.5 Å². The number of rotatable bonds is 8. The smallest absolute Gasteiger partial charge is 0.264 e. The number of carbonyl (C=O) groups excluding carboxylic acids is 1. The third-order valence-electron chi connectivity index (χ3n) is 9.75. The molecule has 38 heavy (non-hydrogen) atoms. The minimum atomic E-state index is -0.548. The summed E-state index contributed by atoms with van der Waals surface area (Å²) in [5.41, 5.74) is 2.80. The highest BCUT2D eigenvalue weighted by Gasteiger charge is 2.50. The number of carbonyl (C=O) groups is 1. The topological polar surface area (TPSA) is 43.1 Å². The van der Waals surface area contributed by atoms with Gasteiger partial charge < -0.3 is 14.4 Å². The largest absolute Gasteiger partial charge is 0.494 e. The molecule has 1 atom stereocenters. The van der Waals surface area contributed by atoms with E-state index in [4.69, 9.17) is 16.0 Å². The molecule has 4 aliphatic carbocycles. The van der Waals surface area contributed by atoms with Crippen LogP contribution in [0.2, 0.25) is 0 Å². The van der Waals surface area contributed by atoms with Gasteiger partial charge in [-0.15, -0.1) is 0 Å². The van der Waals surface area contributed by atoms with Gasteiger partial charge in [-0.2, -0.15) is 0 Å². The number of benzene rings is 2. The molecule has 1 aliphatic heterocycles. The van der Waals surface area contributed by atoms with Crippen molar-refractivity contribution in [2.75, 3.05) is 13.2 Å². The van der Waals surface area contributed by atoms with Crippen LogP contribution in [-0.4, -0.2) is 30.1 Å². The summed E-state index contributed by atoms with van der Waals surface area (Å²) in [6, 6.07) is 13.7. The summed E-state index contributed by atoms with van der Waals surface area (Å²) in [4.78, 5) is 18.7. The highest BCUT2D eigenvalue weighted by molar-refractivity contribution is 5.84. The first-order valence-electron chi connectivity index (χ1n) is 14.4. The molecule has 0 spiro atoms. The fraction of sp³-hybridized carbons (Fsp3) is 0.576. The molecule has 0 aromatic heterocycles. The third-order valence-corrected chi connectivity index (χ3v) is 9.75. The van der Waals surface area contributed by atoms with Gasteiger partial charge in [-0.25, -0.2) is 4.85 Å². The van der Waals surface area contributed by atoms with Gasteiger partial charge in [-0.05, 0) is 110 Å². The second-order valence-electron chi connectivity index (χ2n) is 13.4. The van der Waals surface area contributed by atoms with E-state index in [0.29, 0.717) is 29.9 Å². The van der Waals surface area contributed by atoms with Crippen LogP contribution in [0.4, 0.5) is 5.69 Å². The molecule has 0 unspecified atom stereocenters. The molecule has 5 fully saturated rings. The van der Waals surface area contributed by atoms with E-state index in [1.807, 2.05) is 17.9 Å². The lowest BCUT2D eigenvalue weighted by molar-refractivity contribution is -0.134. The van der Waals surface area contributed by atoms with Gasteiger partial charge in [0, 0.05) is 18.5 Å². The summed E-state index contributed by atoms with van der Waals surface area (Å²) in [6.45, 7) is 15.3. The van der Waals surface area contributed by atoms with E-state index >= 15 is 0 Å². The summed E-state index contributed by atoms with van der Waals surface area (Å²) >= 11 is 0. The van der Waals surface area contributed by atoms with Crippen molar-refractivity contribution in [3.8, 4) is 11.5 Å². The molecule has 1 amide bonds. The van der Waals surface area contributed by atoms with Crippen LogP contribution in [0.25, 0.3) is 4.85 Å². The molecule has 4 saturated carbocycles. The molecule has 1 heterocycles. The molecule has 4 bridgehead atoms. The van der Waals surface area contributed by atoms with E-state index in [2.05, 4.69) is 43.0 Å². The Morgan fingerprint density at radius 3 is 2.21 bits per heavy atom. The van der Waals surface area contributed by atoms with Crippen molar-refractivity contribution >= 4 is 11.6 Å². The lowest BCUT2D eigenvalue weighted by Crippen LogP contribution is -2.46. The minimum absolute atomic E-state index is 0.0119. The number of hydrogen-bond acceptors (Lipinski definition) is 3. The second-order valence-corrected chi connectivity index (χ2v) is 13.4. The van der Waals surface area contributed by atoms with Gasteiger partial charge in [0.15, 0.2) is 11.8 Å². The quantitative estimate of drug-likeness (QED) is 0.347. The van der Waals surface area contributed by atoms with Gasteiger partial charge in [-0.1, -0.05) is 32.0 Å². The van der Waals surface area contributed by atoms with E-state index in [0.717, 1.165) is 41.2 Å². The van der Waals surface area contributed by atoms with Crippen LogP contribution in [0.15, 0.2) is 42.5 Å². The Morgan fingerprint density at radius 1 is 0.974 bits per heavy atom. The van der Waals surface area contributed by atoms with Crippen molar-refractivity contribution in [1.29, 1.82) is 0 Å². The van der Waals surface area contributed by atoms with Gasteiger partial charge in [0.2, 0.25) is 0 Å². The van der Waals surface area contributed by atoms with Gasteiger partial charge >= 0.3 is 0 Å². The molecule has 2 aromatic rings. The van der Waals surface area contributed by atoms with Gasteiger partial charge in [-0.3, -0.25) is 4.79 Å². The Hall–Kier alpha value is -3.00. The first-order valence-corrected chi connectivity index (χ1v) is 14.4. The zero-order chi connectivity index (χ0) is 26.5. The molecule has 0 radical (unpaired) electrons.